The van der Waals surface area contributed by atoms with Gasteiger partial charge in [0.1, 0.15) is 5.82 Å². The van der Waals surface area contributed by atoms with Crippen LogP contribution in [0.1, 0.15) is 43.0 Å². The lowest BCUT2D eigenvalue weighted by Crippen LogP contribution is -2.33. The first-order valence-electron chi connectivity index (χ1n) is 7.90. The van der Waals surface area contributed by atoms with Crippen molar-refractivity contribution in [1.82, 2.24) is 14.9 Å². The molecule has 0 aliphatic carbocycles. The van der Waals surface area contributed by atoms with E-state index in [2.05, 4.69) is 61.0 Å². The number of aryl methyl sites for hydroxylation is 2. The minimum Gasteiger partial charge on any atom is -0.326 e. The number of imidazole rings is 1. The zero-order chi connectivity index (χ0) is 14.9. The summed E-state index contributed by atoms with van der Waals surface area (Å²) >= 11 is 0. The van der Waals surface area contributed by atoms with Crippen molar-refractivity contribution in [2.75, 3.05) is 6.54 Å². The van der Waals surface area contributed by atoms with E-state index in [-0.39, 0.29) is 5.54 Å². The molecule has 0 amide bonds. The van der Waals surface area contributed by atoms with Crippen molar-refractivity contribution < 1.29 is 0 Å². The van der Waals surface area contributed by atoms with Crippen molar-refractivity contribution in [3.63, 3.8) is 0 Å². The maximum atomic E-state index is 4.77. The summed E-state index contributed by atoms with van der Waals surface area (Å²) < 4.78 is 2.48. The lowest BCUT2D eigenvalue weighted by atomic mass is 9.94. The highest BCUT2D eigenvalue weighted by molar-refractivity contribution is 5.22. The molecule has 1 aromatic heterocycles. The van der Waals surface area contributed by atoms with Gasteiger partial charge in [-0.05, 0) is 39.2 Å². The molecule has 0 spiro atoms. The van der Waals surface area contributed by atoms with Crippen LogP contribution in [0.2, 0.25) is 0 Å². The summed E-state index contributed by atoms with van der Waals surface area (Å²) in [4.78, 5) is 4.77. The largest absolute Gasteiger partial charge is 0.326 e. The molecule has 0 saturated heterocycles. The predicted octanol–water partition coefficient (Wildman–Crippen LogP) is 3.21. The van der Waals surface area contributed by atoms with E-state index in [4.69, 9.17) is 4.98 Å². The summed E-state index contributed by atoms with van der Waals surface area (Å²) in [5.41, 5.74) is 4.20. The minimum atomic E-state index is 0.109. The number of rotatable bonds is 4. The second-order valence-electron chi connectivity index (χ2n) is 6.61. The second kappa shape index (κ2) is 5.64. The summed E-state index contributed by atoms with van der Waals surface area (Å²) in [6.45, 7) is 8.80. The molecule has 0 unspecified atom stereocenters. The zero-order valence-electron chi connectivity index (χ0n) is 13.3. The number of hydrogen-bond acceptors (Lipinski definition) is 2. The normalized spacial score (nSPS) is 15.0. The van der Waals surface area contributed by atoms with Gasteiger partial charge in [-0.3, -0.25) is 0 Å². The number of fused-ring (bicyclic) bond motifs is 1. The van der Waals surface area contributed by atoms with Crippen molar-refractivity contribution in [3.8, 4) is 0 Å². The van der Waals surface area contributed by atoms with E-state index in [0.29, 0.717) is 0 Å². The molecule has 2 aromatic rings. The van der Waals surface area contributed by atoms with Gasteiger partial charge < -0.3 is 9.88 Å². The van der Waals surface area contributed by atoms with Crippen LogP contribution in [0.15, 0.2) is 30.3 Å². The van der Waals surface area contributed by atoms with Crippen LogP contribution < -0.4 is 5.32 Å². The lowest BCUT2D eigenvalue weighted by Gasteiger charge is -2.31. The van der Waals surface area contributed by atoms with Crippen molar-refractivity contribution in [3.05, 3.63) is 53.1 Å². The van der Waals surface area contributed by atoms with Gasteiger partial charge in [-0.25, -0.2) is 4.98 Å². The van der Waals surface area contributed by atoms with Gasteiger partial charge in [0, 0.05) is 30.7 Å². The van der Waals surface area contributed by atoms with E-state index in [1.807, 2.05) is 0 Å². The van der Waals surface area contributed by atoms with E-state index >= 15 is 0 Å². The average molecular weight is 283 g/mol. The smallest absolute Gasteiger partial charge is 0.106 e. The van der Waals surface area contributed by atoms with Gasteiger partial charge >= 0.3 is 0 Å². The van der Waals surface area contributed by atoms with Crippen LogP contribution in [0.3, 0.4) is 0 Å². The molecule has 1 aliphatic heterocycles. The highest BCUT2D eigenvalue weighted by Gasteiger charge is 2.28. The molecule has 3 heteroatoms. The first kappa shape index (κ1) is 14.3. The summed E-state index contributed by atoms with van der Waals surface area (Å²) in [5, 5.41) is 3.41. The van der Waals surface area contributed by atoms with E-state index < -0.39 is 0 Å². The molecule has 1 N–H and O–H groups in total. The molecule has 0 atom stereocenters. The van der Waals surface area contributed by atoms with Gasteiger partial charge in [0.25, 0.3) is 0 Å². The molecular weight excluding hydrogens is 258 g/mol. The zero-order valence-corrected chi connectivity index (χ0v) is 13.3. The Morgan fingerprint density at radius 1 is 1.24 bits per heavy atom. The number of nitrogens with one attached hydrogen (secondary N) is 1. The minimum absolute atomic E-state index is 0.109. The standard InChI is InChI=1S/C18H25N3/c1-14-20-16-13-19-12-10-17(16)21(14)18(2,3)11-9-15-7-5-4-6-8-15/h4-8,19H,9-13H2,1-3H3. The summed E-state index contributed by atoms with van der Waals surface area (Å²) in [5.74, 6) is 1.15. The van der Waals surface area contributed by atoms with Crippen LogP contribution >= 0.6 is 0 Å². The Labute approximate surface area is 127 Å². The molecule has 21 heavy (non-hydrogen) atoms. The van der Waals surface area contributed by atoms with E-state index in [1.54, 1.807) is 0 Å². The van der Waals surface area contributed by atoms with Crippen LogP contribution in [-0.4, -0.2) is 16.1 Å². The fourth-order valence-corrected chi connectivity index (χ4v) is 3.46. The van der Waals surface area contributed by atoms with Gasteiger partial charge in [-0.2, -0.15) is 0 Å². The number of benzene rings is 1. The molecule has 112 valence electrons. The average Bonchev–Trinajstić information content (AvgIpc) is 2.83. The maximum absolute atomic E-state index is 4.77. The molecule has 1 aromatic carbocycles. The Bertz CT molecular complexity index is 611. The van der Waals surface area contributed by atoms with Gasteiger partial charge in [-0.15, -0.1) is 0 Å². The van der Waals surface area contributed by atoms with Gasteiger partial charge in [0.15, 0.2) is 0 Å². The molecule has 3 nitrogen and oxygen atoms in total. The van der Waals surface area contributed by atoms with Gasteiger partial charge in [-0.1, -0.05) is 30.3 Å². The fourth-order valence-electron chi connectivity index (χ4n) is 3.46. The Balaban J connectivity index is 1.83. The van der Waals surface area contributed by atoms with E-state index in [1.165, 1.54) is 17.0 Å². The van der Waals surface area contributed by atoms with Crippen molar-refractivity contribution in [1.29, 1.82) is 0 Å². The van der Waals surface area contributed by atoms with E-state index in [0.717, 1.165) is 38.2 Å². The number of nitrogens with zero attached hydrogens (tertiary/aromatic N) is 2. The molecule has 1 aliphatic rings. The Morgan fingerprint density at radius 3 is 2.76 bits per heavy atom. The van der Waals surface area contributed by atoms with Crippen molar-refractivity contribution >= 4 is 0 Å². The lowest BCUT2D eigenvalue weighted by molar-refractivity contribution is 0.310. The second-order valence-corrected chi connectivity index (χ2v) is 6.61. The quantitative estimate of drug-likeness (QED) is 0.934. The highest BCUT2D eigenvalue weighted by Crippen LogP contribution is 2.29. The third-order valence-corrected chi connectivity index (χ3v) is 4.53. The first-order valence-corrected chi connectivity index (χ1v) is 7.90. The van der Waals surface area contributed by atoms with Gasteiger partial charge in [0.05, 0.1) is 5.69 Å². The molecule has 0 saturated carbocycles. The fraction of sp³-hybridized carbons (Fsp3) is 0.500. The molecular formula is C18H25N3. The van der Waals surface area contributed by atoms with Crippen LogP contribution in [0.25, 0.3) is 0 Å². The Kier molecular flexibility index (Phi) is 3.85. The van der Waals surface area contributed by atoms with Crippen LogP contribution in [-0.2, 0) is 24.9 Å². The molecule has 3 rings (SSSR count). The van der Waals surface area contributed by atoms with E-state index in [9.17, 15) is 0 Å². The SMILES string of the molecule is Cc1nc2c(n1C(C)(C)CCc1ccccc1)CCNC2. The molecule has 2 heterocycles. The summed E-state index contributed by atoms with van der Waals surface area (Å²) in [7, 11) is 0. The topological polar surface area (TPSA) is 29.9 Å². The number of aromatic nitrogens is 2. The van der Waals surface area contributed by atoms with Crippen molar-refractivity contribution in [2.24, 2.45) is 0 Å². The van der Waals surface area contributed by atoms with Gasteiger partial charge in [0.2, 0.25) is 0 Å². The summed E-state index contributed by atoms with van der Waals surface area (Å²) in [6, 6.07) is 10.8. The highest BCUT2D eigenvalue weighted by atomic mass is 15.2. The monoisotopic (exact) mass is 283 g/mol. The first-order chi connectivity index (χ1) is 10.1. The molecule has 0 radical (unpaired) electrons. The van der Waals surface area contributed by atoms with Crippen LogP contribution in [0.4, 0.5) is 0 Å². The van der Waals surface area contributed by atoms with Crippen molar-refractivity contribution in [2.45, 2.75) is 52.1 Å². The number of hydrogen-bond donors (Lipinski definition) is 1. The third kappa shape index (κ3) is 2.88. The molecule has 0 fully saturated rings. The third-order valence-electron chi connectivity index (χ3n) is 4.53. The predicted molar refractivity (Wildman–Crippen MR) is 86.5 cm³/mol. The van der Waals surface area contributed by atoms with Crippen LogP contribution in [0.5, 0.6) is 0 Å². The summed E-state index contributed by atoms with van der Waals surface area (Å²) in [6.07, 6.45) is 3.33. The van der Waals surface area contributed by atoms with Crippen LogP contribution in [0, 0.1) is 6.92 Å². The Hall–Kier alpha value is -1.61. The maximum Gasteiger partial charge on any atom is 0.106 e. The Morgan fingerprint density at radius 2 is 2.00 bits per heavy atom. The molecule has 0 bridgehead atoms.